The quantitative estimate of drug-likeness (QED) is 0.585. The summed E-state index contributed by atoms with van der Waals surface area (Å²) < 4.78 is 11.2. The average Bonchev–Trinajstić information content (AvgIpc) is 2.10. The lowest BCUT2D eigenvalue weighted by molar-refractivity contribution is -0.00620. The first-order chi connectivity index (χ1) is 4.93. The van der Waals surface area contributed by atoms with Gasteiger partial charge in [0.05, 0.1) is 0 Å². The molecule has 0 N–H and O–H groups in total. The molecular formula is C8H11FO. The first-order valence-electron chi connectivity index (χ1n) is 3.27. The highest BCUT2D eigenvalue weighted by Gasteiger charge is 1.84. The van der Waals surface area contributed by atoms with Crippen LogP contribution in [0.4, 0.5) is 4.53 Å². The smallest absolute Gasteiger partial charge is 0.171 e. The van der Waals surface area contributed by atoms with Crippen LogP contribution in [0, 0.1) is 0 Å². The van der Waals surface area contributed by atoms with Crippen LogP contribution in [-0.2, 0) is 0 Å². The second kappa shape index (κ2) is 6.08. The molecule has 0 fully saturated rings. The average molecular weight is 142 g/mol. The molecule has 1 nitrogen and oxygen atoms in total. The van der Waals surface area contributed by atoms with Gasteiger partial charge in [-0.05, 0) is 12.1 Å². The Morgan fingerprint density at radius 2 is 1.60 bits per heavy atom. The molecule has 0 saturated heterocycles. The van der Waals surface area contributed by atoms with E-state index >= 15 is 0 Å². The Morgan fingerprint density at radius 3 is 1.90 bits per heavy atom. The van der Waals surface area contributed by atoms with Crippen molar-refractivity contribution in [2.75, 3.05) is 0 Å². The second-order valence-corrected chi connectivity index (χ2v) is 1.39. The third-order valence-electron chi connectivity index (χ3n) is 0.832. The molecular weight excluding hydrogens is 131 g/mol. The van der Waals surface area contributed by atoms with Crippen molar-refractivity contribution in [1.29, 1.82) is 0 Å². The minimum absolute atomic E-state index is 0.243. The van der Waals surface area contributed by atoms with Gasteiger partial charge >= 0.3 is 0 Å². The lowest BCUT2D eigenvalue weighted by Crippen LogP contribution is -1.71. The number of hydrogen-bond donors (Lipinski definition) is 0. The van der Waals surface area contributed by atoms with Gasteiger partial charge < -0.3 is 0 Å². The topological polar surface area (TPSA) is 9.23 Å². The fraction of sp³-hybridized carbons (Fsp3) is 0.250. The van der Waals surface area contributed by atoms with Crippen LogP contribution in [0.1, 0.15) is 13.8 Å². The molecule has 0 aliphatic rings. The van der Waals surface area contributed by atoms with Crippen LogP contribution < -0.4 is 4.94 Å². The van der Waals surface area contributed by atoms with Gasteiger partial charge in [-0.25, -0.2) is 0 Å². The summed E-state index contributed by atoms with van der Waals surface area (Å²) in [6.07, 6.45) is 0. The standard InChI is InChI=1S/C6H5FO.C2H6/c7-8-6-4-2-1-3-5-6;1-2/h1-5H;1-2H3. The van der Waals surface area contributed by atoms with Gasteiger partial charge in [0.15, 0.2) is 5.75 Å². The van der Waals surface area contributed by atoms with E-state index < -0.39 is 0 Å². The maximum atomic E-state index is 11.2. The third-order valence-corrected chi connectivity index (χ3v) is 0.832. The van der Waals surface area contributed by atoms with Crippen molar-refractivity contribution in [1.82, 2.24) is 0 Å². The van der Waals surface area contributed by atoms with Crippen molar-refractivity contribution in [2.24, 2.45) is 0 Å². The van der Waals surface area contributed by atoms with Crippen LogP contribution in [0.25, 0.3) is 0 Å². The van der Waals surface area contributed by atoms with Crippen molar-refractivity contribution < 1.29 is 9.47 Å². The zero-order valence-electron chi connectivity index (χ0n) is 6.17. The molecule has 0 amide bonds. The van der Waals surface area contributed by atoms with Crippen molar-refractivity contribution in [2.45, 2.75) is 13.8 Å². The highest BCUT2D eigenvalue weighted by atomic mass is 19.3. The molecule has 10 heavy (non-hydrogen) atoms. The summed E-state index contributed by atoms with van der Waals surface area (Å²) in [5.74, 6) is 0.243. The lowest BCUT2D eigenvalue weighted by Gasteiger charge is -1.87. The maximum Gasteiger partial charge on any atom is 0.171 e. The number of para-hydroxylation sites is 1. The molecule has 1 aromatic rings. The fourth-order valence-corrected chi connectivity index (χ4v) is 0.472. The van der Waals surface area contributed by atoms with E-state index in [1.165, 1.54) is 0 Å². The predicted octanol–water partition coefficient (Wildman–Crippen LogP) is 2.98. The molecule has 0 aliphatic heterocycles. The van der Waals surface area contributed by atoms with Crippen molar-refractivity contribution in [3.8, 4) is 5.75 Å². The number of rotatable bonds is 1. The Bertz CT molecular complexity index is 151. The van der Waals surface area contributed by atoms with Crippen LogP contribution in [0.2, 0.25) is 0 Å². The Hall–Kier alpha value is -1.05. The highest BCUT2D eigenvalue weighted by Crippen LogP contribution is 2.07. The van der Waals surface area contributed by atoms with E-state index in [0.29, 0.717) is 0 Å². The monoisotopic (exact) mass is 142 g/mol. The minimum atomic E-state index is 0.243. The van der Waals surface area contributed by atoms with Gasteiger partial charge in [-0.3, -0.25) is 4.94 Å². The molecule has 1 rings (SSSR count). The Morgan fingerprint density at radius 1 is 1.10 bits per heavy atom. The lowest BCUT2D eigenvalue weighted by atomic mass is 10.3. The number of halogens is 1. The highest BCUT2D eigenvalue weighted by molar-refractivity contribution is 5.19. The molecule has 0 aromatic heterocycles. The van der Waals surface area contributed by atoms with E-state index in [-0.39, 0.29) is 5.75 Å². The Balaban J connectivity index is 0.000000371. The van der Waals surface area contributed by atoms with Crippen molar-refractivity contribution in [3.05, 3.63) is 30.3 Å². The van der Waals surface area contributed by atoms with E-state index in [4.69, 9.17) is 0 Å². The summed E-state index contributed by atoms with van der Waals surface area (Å²) in [4.78, 5) is 3.41. The molecule has 0 atom stereocenters. The normalized spacial score (nSPS) is 7.50. The predicted molar refractivity (Wildman–Crippen MR) is 39.5 cm³/mol. The van der Waals surface area contributed by atoms with Gasteiger partial charge in [-0.1, -0.05) is 32.0 Å². The summed E-state index contributed by atoms with van der Waals surface area (Å²) in [5, 5.41) is 0. The van der Waals surface area contributed by atoms with Crippen molar-refractivity contribution in [3.63, 3.8) is 0 Å². The minimum Gasteiger partial charge on any atom is -0.294 e. The maximum absolute atomic E-state index is 11.2. The molecule has 0 radical (unpaired) electrons. The molecule has 1 aromatic carbocycles. The number of benzene rings is 1. The van der Waals surface area contributed by atoms with E-state index in [0.717, 1.165) is 0 Å². The van der Waals surface area contributed by atoms with Gasteiger partial charge in [-0.15, -0.1) is 0 Å². The summed E-state index contributed by atoms with van der Waals surface area (Å²) in [6, 6.07) is 8.28. The van der Waals surface area contributed by atoms with Gasteiger partial charge in [0.1, 0.15) is 0 Å². The third kappa shape index (κ3) is 3.07. The molecule has 2 heteroatoms. The molecule has 0 bridgehead atoms. The van der Waals surface area contributed by atoms with Gasteiger partial charge in [-0.2, -0.15) is 0 Å². The SMILES string of the molecule is CC.FOc1ccccc1. The van der Waals surface area contributed by atoms with E-state index in [2.05, 4.69) is 4.94 Å². The summed E-state index contributed by atoms with van der Waals surface area (Å²) in [5.41, 5.74) is 0. The van der Waals surface area contributed by atoms with Gasteiger partial charge in [0.2, 0.25) is 0 Å². The molecule has 0 heterocycles. The molecule has 0 aliphatic carbocycles. The summed E-state index contributed by atoms with van der Waals surface area (Å²) in [7, 11) is 0. The van der Waals surface area contributed by atoms with Crippen molar-refractivity contribution >= 4 is 0 Å². The van der Waals surface area contributed by atoms with Crippen LogP contribution in [0.3, 0.4) is 0 Å². The largest absolute Gasteiger partial charge is 0.294 e. The van der Waals surface area contributed by atoms with Crippen LogP contribution in [0.5, 0.6) is 5.75 Å². The molecule has 56 valence electrons. The first kappa shape index (κ1) is 8.95. The summed E-state index contributed by atoms with van der Waals surface area (Å²) >= 11 is 0. The van der Waals surface area contributed by atoms with E-state index in [9.17, 15) is 4.53 Å². The zero-order chi connectivity index (χ0) is 7.82. The van der Waals surface area contributed by atoms with Crippen LogP contribution in [-0.4, -0.2) is 0 Å². The van der Waals surface area contributed by atoms with Crippen LogP contribution >= 0.6 is 0 Å². The fourth-order valence-electron chi connectivity index (χ4n) is 0.472. The van der Waals surface area contributed by atoms with E-state index in [1.807, 2.05) is 13.8 Å². The molecule has 0 spiro atoms. The van der Waals surface area contributed by atoms with Gasteiger partial charge in [0, 0.05) is 4.53 Å². The summed E-state index contributed by atoms with van der Waals surface area (Å²) in [6.45, 7) is 4.00. The number of hydrogen-bond acceptors (Lipinski definition) is 1. The molecule has 0 unspecified atom stereocenters. The first-order valence-corrected chi connectivity index (χ1v) is 3.27. The molecule has 0 saturated carbocycles. The zero-order valence-corrected chi connectivity index (χ0v) is 6.17. The Labute approximate surface area is 60.3 Å². The van der Waals surface area contributed by atoms with Crippen LogP contribution in [0.15, 0.2) is 30.3 Å². The van der Waals surface area contributed by atoms with E-state index in [1.54, 1.807) is 30.3 Å². The second-order valence-electron chi connectivity index (χ2n) is 1.39. The Kier molecular flexibility index (Phi) is 5.44. The van der Waals surface area contributed by atoms with Gasteiger partial charge in [0.25, 0.3) is 0 Å².